The average molecular weight is 355 g/mol. The minimum Gasteiger partial charge on any atom is -0.493 e. The summed E-state index contributed by atoms with van der Waals surface area (Å²) < 4.78 is 11.8. The lowest BCUT2D eigenvalue weighted by molar-refractivity contribution is -0.115. The third kappa shape index (κ3) is 3.55. The first-order chi connectivity index (χ1) is 10.0. The van der Waals surface area contributed by atoms with E-state index in [9.17, 15) is 9.59 Å². The average Bonchev–Trinajstić information content (AvgIpc) is 2.73. The van der Waals surface area contributed by atoms with E-state index in [4.69, 9.17) is 9.47 Å². The van der Waals surface area contributed by atoms with E-state index in [1.807, 2.05) is 13.8 Å². The number of rotatable bonds is 5. The van der Waals surface area contributed by atoms with E-state index in [0.29, 0.717) is 30.3 Å². The van der Waals surface area contributed by atoms with E-state index in [0.717, 1.165) is 4.47 Å². The van der Waals surface area contributed by atoms with Crippen molar-refractivity contribution in [3.63, 3.8) is 0 Å². The number of carbonyl (C=O) groups excluding carboxylic acids is 2. The summed E-state index contributed by atoms with van der Waals surface area (Å²) in [6.07, 6.45) is 1.56. The van der Waals surface area contributed by atoms with E-state index < -0.39 is 11.9 Å². The second kappa shape index (κ2) is 6.62. The molecule has 1 aromatic rings. The maximum absolute atomic E-state index is 11.6. The molecule has 1 aromatic carbocycles. The highest BCUT2D eigenvalue weighted by atomic mass is 79.9. The highest BCUT2D eigenvalue weighted by Crippen LogP contribution is 2.34. The maximum atomic E-state index is 11.6. The standard InChI is InChI=1S/C14H15BrN2O4/c1-3-20-11-7-12(21-4-2)9(15)5-8(11)6-10-13(18)17-14(19)16-10/h5-7H,3-4H2,1-2H3,(H2,16,17,18,19)/b10-6-. The highest BCUT2D eigenvalue weighted by molar-refractivity contribution is 9.10. The molecule has 21 heavy (non-hydrogen) atoms. The summed E-state index contributed by atoms with van der Waals surface area (Å²) in [6, 6.07) is 2.99. The van der Waals surface area contributed by atoms with Gasteiger partial charge in [0.2, 0.25) is 0 Å². The summed E-state index contributed by atoms with van der Waals surface area (Å²) >= 11 is 3.41. The molecule has 0 spiro atoms. The Balaban J connectivity index is 2.42. The van der Waals surface area contributed by atoms with Crippen molar-refractivity contribution >= 4 is 33.9 Å². The number of imide groups is 1. The summed E-state index contributed by atoms with van der Waals surface area (Å²) in [5.74, 6) is 0.765. The van der Waals surface area contributed by atoms with Gasteiger partial charge in [0.25, 0.3) is 5.91 Å². The molecule has 7 heteroatoms. The third-order valence-electron chi connectivity index (χ3n) is 2.68. The van der Waals surface area contributed by atoms with Crippen molar-refractivity contribution in [2.24, 2.45) is 0 Å². The van der Waals surface area contributed by atoms with Crippen LogP contribution in [0.1, 0.15) is 19.4 Å². The molecule has 112 valence electrons. The Morgan fingerprint density at radius 3 is 2.33 bits per heavy atom. The summed E-state index contributed by atoms with van der Waals surface area (Å²) in [5.41, 5.74) is 0.844. The predicted molar refractivity (Wildman–Crippen MR) is 81.1 cm³/mol. The summed E-state index contributed by atoms with van der Waals surface area (Å²) in [5, 5.41) is 4.59. The van der Waals surface area contributed by atoms with Gasteiger partial charge in [0, 0.05) is 11.6 Å². The number of urea groups is 1. The smallest absolute Gasteiger partial charge is 0.326 e. The number of hydrogen-bond donors (Lipinski definition) is 2. The minimum atomic E-state index is -0.533. The summed E-state index contributed by atoms with van der Waals surface area (Å²) in [7, 11) is 0. The third-order valence-corrected chi connectivity index (χ3v) is 3.30. The number of carbonyl (C=O) groups is 2. The van der Waals surface area contributed by atoms with Crippen LogP contribution >= 0.6 is 15.9 Å². The van der Waals surface area contributed by atoms with Crippen LogP contribution in [-0.2, 0) is 4.79 Å². The molecule has 1 aliphatic rings. The monoisotopic (exact) mass is 354 g/mol. The normalized spacial score (nSPS) is 15.9. The number of halogens is 1. The van der Waals surface area contributed by atoms with Gasteiger partial charge in [0.15, 0.2) is 0 Å². The van der Waals surface area contributed by atoms with Crippen molar-refractivity contribution < 1.29 is 19.1 Å². The van der Waals surface area contributed by atoms with Gasteiger partial charge in [-0.3, -0.25) is 10.1 Å². The molecular weight excluding hydrogens is 340 g/mol. The molecule has 1 heterocycles. The Morgan fingerprint density at radius 1 is 1.10 bits per heavy atom. The summed E-state index contributed by atoms with van der Waals surface area (Å²) in [6.45, 7) is 4.76. The highest BCUT2D eigenvalue weighted by Gasteiger charge is 2.23. The van der Waals surface area contributed by atoms with Crippen molar-refractivity contribution in [2.75, 3.05) is 13.2 Å². The molecule has 1 saturated heterocycles. The first-order valence-corrected chi connectivity index (χ1v) is 7.27. The van der Waals surface area contributed by atoms with E-state index in [1.165, 1.54) is 0 Å². The number of hydrogen-bond acceptors (Lipinski definition) is 4. The number of ether oxygens (including phenoxy) is 2. The van der Waals surface area contributed by atoms with E-state index in [1.54, 1.807) is 18.2 Å². The molecular formula is C14H15BrN2O4. The van der Waals surface area contributed by atoms with E-state index in [-0.39, 0.29) is 5.70 Å². The fourth-order valence-electron chi connectivity index (χ4n) is 1.85. The number of amides is 3. The molecule has 3 amide bonds. The van der Waals surface area contributed by atoms with Crippen LogP contribution in [0, 0.1) is 0 Å². The molecule has 0 unspecified atom stereocenters. The Kier molecular flexibility index (Phi) is 4.85. The second-order valence-corrected chi connectivity index (χ2v) is 5.01. The van der Waals surface area contributed by atoms with Gasteiger partial charge in [-0.25, -0.2) is 4.79 Å². The van der Waals surface area contributed by atoms with Crippen LogP contribution in [-0.4, -0.2) is 25.2 Å². The quantitative estimate of drug-likeness (QED) is 0.628. The van der Waals surface area contributed by atoms with Gasteiger partial charge in [-0.2, -0.15) is 0 Å². The van der Waals surface area contributed by atoms with Gasteiger partial charge in [-0.05, 0) is 41.9 Å². The molecule has 0 aliphatic carbocycles. The Labute approximate surface area is 130 Å². The van der Waals surface area contributed by atoms with Gasteiger partial charge in [0.05, 0.1) is 17.7 Å². The van der Waals surface area contributed by atoms with E-state index in [2.05, 4.69) is 26.6 Å². The largest absolute Gasteiger partial charge is 0.493 e. The van der Waals surface area contributed by atoms with Crippen molar-refractivity contribution in [3.8, 4) is 11.5 Å². The molecule has 2 N–H and O–H groups in total. The van der Waals surface area contributed by atoms with Gasteiger partial charge in [-0.1, -0.05) is 0 Å². The van der Waals surface area contributed by atoms with Gasteiger partial charge >= 0.3 is 6.03 Å². The van der Waals surface area contributed by atoms with Gasteiger partial charge in [0.1, 0.15) is 17.2 Å². The van der Waals surface area contributed by atoms with Crippen LogP contribution in [0.25, 0.3) is 6.08 Å². The molecule has 2 rings (SSSR count). The lowest BCUT2D eigenvalue weighted by atomic mass is 10.1. The molecule has 0 bridgehead atoms. The Morgan fingerprint density at radius 2 is 1.76 bits per heavy atom. The van der Waals surface area contributed by atoms with Crippen LogP contribution in [0.15, 0.2) is 22.3 Å². The van der Waals surface area contributed by atoms with Crippen LogP contribution in [0.5, 0.6) is 11.5 Å². The summed E-state index contributed by atoms with van der Waals surface area (Å²) in [4.78, 5) is 22.7. The molecule has 1 fully saturated rings. The molecule has 6 nitrogen and oxygen atoms in total. The first kappa shape index (κ1) is 15.4. The van der Waals surface area contributed by atoms with Crippen LogP contribution < -0.4 is 20.1 Å². The molecule has 0 aromatic heterocycles. The van der Waals surface area contributed by atoms with Crippen LogP contribution in [0.2, 0.25) is 0 Å². The zero-order chi connectivity index (χ0) is 15.4. The lowest BCUT2D eigenvalue weighted by Gasteiger charge is -2.12. The zero-order valence-electron chi connectivity index (χ0n) is 11.7. The Bertz CT molecular complexity index is 613. The molecule has 0 radical (unpaired) electrons. The Hall–Kier alpha value is -2.02. The second-order valence-electron chi connectivity index (χ2n) is 4.15. The van der Waals surface area contributed by atoms with Crippen molar-refractivity contribution in [3.05, 3.63) is 27.9 Å². The molecule has 1 aliphatic heterocycles. The van der Waals surface area contributed by atoms with E-state index >= 15 is 0 Å². The number of benzene rings is 1. The maximum Gasteiger partial charge on any atom is 0.326 e. The lowest BCUT2D eigenvalue weighted by Crippen LogP contribution is -2.22. The van der Waals surface area contributed by atoms with Crippen molar-refractivity contribution in [1.29, 1.82) is 0 Å². The first-order valence-electron chi connectivity index (χ1n) is 6.48. The molecule has 0 atom stereocenters. The number of nitrogens with one attached hydrogen (secondary N) is 2. The SMILES string of the molecule is CCOc1cc(OCC)c(/C=C2\NC(=O)NC2=O)cc1Br. The zero-order valence-corrected chi connectivity index (χ0v) is 13.2. The van der Waals surface area contributed by atoms with Crippen molar-refractivity contribution in [1.82, 2.24) is 10.6 Å². The predicted octanol–water partition coefficient (Wildman–Crippen LogP) is 2.43. The topological polar surface area (TPSA) is 76.7 Å². The fraction of sp³-hybridized carbons (Fsp3) is 0.286. The fourth-order valence-corrected chi connectivity index (χ4v) is 2.32. The molecule has 0 saturated carbocycles. The van der Waals surface area contributed by atoms with Crippen molar-refractivity contribution in [2.45, 2.75) is 13.8 Å². The van der Waals surface area contributed by atoms with Crippen LogP contribution in [0.4, 0.5) is 4.79 Å². The van der Waals surface area contributed by atoms with Crippen LogP contribution in [0.3, 0.4) is 0 Å². The minimum absolute atomic E-state index is 0.178. The van der Waals surface area contributed by atoms with Gasteiger partial charge < -0.3 is 14.8 Å². The van der Waals surface area contributed by atoms with Gasteiger partial charge in [-0.15, -0.1) is 0 Å².